The van der Waals surface area contributed by atoms with Gasteiger partial charge in [0, 0.05) is 0 Å². The maximum absolute atomic E-state index is 9.62. The molecule has 5 heteroatoms. The molecule has 0 N–H and O–H groups in total. The van der Waals surface area contributed by atoms with Crippen molar-refractivity contribution in [2.75, 3.05) is 0 Å². The predicted octanol–water partition coefficient (Wildman–Crippen LogP) is 11.5. The molecule has 7 aromatic carbocycles. The number of fused-ring (bicyclic) bond motifs is 13. The Labute approximate surface area is 284 Å². The van der Waals surface area contributed by atoms with Crippen LogP contribution in [0.4, 0.5) is 0 Å². The van der Waals surface area contributed by atoms with E-state index in [1.54, 1.807) is 0 Å². The van der Waals surface area contributed by atoms with Crippen molar-refractivity contribution < 1.29 is 0 Å². The maximum atomic E-state index is 9.62. The molecule has 48 heavy (non-hydrogen) atoms. The molecule has 0 amide bonds. The number of benzene rings is 7. The molecule has 0 spiro atoms. The van der Waals surface area contributed by atoms with E-state index in [0.717, 1.165) is 27.5 Å². The summed E-state index contributed by atoms with van der Waals surface area (Å²) in [4.78, 5) is 0. The van der Waals surface area contributed by atoms with E-state index in [1.807, 2.05) is 23.5 Å². The number of nitrogens with zero attached hydrogens (tertiary/aromatic N) is 3. The predicted molar refractivity (Wildman–Crippen MR) is 205 cm³/mol. The Kier molecular flexibility index (Phi) is 5.34. The van der Waals surface area contributed by atoms with Gasteiger partial charge in [0.1, 0.15) is 0 Å². The number of aromatic nitrogens is 2. The van der Waals surface area contributed by atoms with Crippen LogP contribution in [-0.4, -0.2) is 23.6 Å². The van der Waals surface area contributed by atoms with Crippen LogP contribution in [-0.2, 0) is 0 Å². The Morgan fingerprint density at radius 2 is 1.06 bits per heavy atom. The molecule has 0 radical (unpaired) electrons. The van der Waals surface area contributed by atoms with Crippen molar-refractivity contribution in [1.82, 2.24) is 9.13 Å². The summed E-state index contributed by atoms with van der Waals surface area (Å²) in [5.74, 6) is 0. The standard InChI is InChI=1S/C43H23N3SSe/c44-24-25-13-16-36-31(21-25)28-7-1-4-10-34(28)45(36)26-14-19-40-32(22-26)33-23-27(15-20-41(33)48-40)46-35-11-5-2-8-29(35)42-37(46)17-18-39-43(42)30-9-3-6-12-38(30)47-39/h1-23H. The fraction of sp³-hybridized carbons (Fsp3) is 0. The summed E-state index contributed by atoms with van der Waals surface area (Å²) in [7, 11) is 0. The van der Waals surface area contributed by atoms with Crippen LogP contribution in [0.5, 0.6) is 0 Å². The second kappa shape index (κ2) is 9.70. The van der Waals surface area contributed by atoms with Gasteiger partial charge in [-0.2, -0.15) is 0 Å². The van der Waals surface area contributed by atoms with Crippen LogP contribution in [0.2, 0.25) is 0 Å². The van der Waals surface area contributed by atoms with Gasteiger partial charge in [-0.1, -0.05) is 0 Å². The molecule has 11 rings (SSSR count). The summed E-state index contributed by atoms with van der Waals surface area (Å²) in [6.45, 7) is 0. The van der Waals surface area contributed by atoms with Gasteiger partial charge < -0.3 is 0 Å². The summed E-state index contributed by atoms with van der Waals surface area (Å²) >= 11 is 2.12. The first-order chi connectivity index (χ1) is 23.7. The van der Waals surface area contributed by atoms with Gasteiger partial charge >= 0.3 is 286 Å². The fourth-order valence-electron chi connectivity index (χ4n) is 7.90. The molecule has 11 aromatic rings. The summed E-state index contributed by atoms with van der Waals surface area (Å²) < 4.78 is 10.3. The van der Waals surface area contributed by atoms with Crippen LogP contribution >= 0.6 is 11.3 Å². The number of rotatable bonds is 2. The van der Waals surface area contributed by atoms with Crippen molar-refractivity contribution >= 4 is 109 Å². The van der Waals surface area contributed by atoms with Crippen molar-refractivity contribution in [2.45, 2.75) is 0 Å². The third-order valence-electron chi connectivity index (χ3n) is 9.93. The van der Waals surface area contributed by atoms with Crippen LogP contribution in [0.15, 0.2) is 140 Å². The van der Waals surface area contributed by atoms with Gasteiger partial charge in [0.05, 0.1) is 0 Å². The van der Waals surface area contributed by atoms with E-state index in [-0.39, 0.29) is 14.5 Å². The van der Waals surface area contributed by atoms with E-state index < -0.39 is 0 Å². The van der Waals surface area contributed by atoms with Gasteiger partial charge in [-0.05, 0) is 0 Å². The van der Waals surface area contributed by atoms with Crippen molar-refractivity contribution in [2.24, 2.45) is 0 Å². The molecular weight excluding hydrogens is 670 g/mol. The van der Waals surface area contributed by atoms with Crippen molar-refractivity contribution in [3.63, 3.8) is 0 Å². The van der Waals surface area contributed by atoms with E-state index in [4.69, 9.17) is 0 Å². The van der Waals surface area contributed by atoms with Gasteiger partial charge in [0.15, 0.2) is 0 Å². The second-order valence-corrected chi connectivity index (χ2v) is 15.8. The summed E-state index contributed by atoms with van der Waals surface area (Å²) in [5.41, 5.74) is 7.75. The molecule has 0 saturated heterocycles. The Hall–Kier alpha value is -5.63. The van der Waals surface area contributed by atoms with E-state index >= 15 is 0 Å². The van der Waals surface area contributed by atoms with Crippen molar-refractivity contribution in [1.29, 1.82) is 5.26 Å². The topological polar surface area (TPSA) is 33.6 Å². The van der Waals surface area contributed by atoms with Gasteiger partial charge in [-0.25, -0.2) is 0 Å². The molecule has 0 aliphatic carbocycles. The SMILES string of the molecule is N#Cc1ccc2c(c1)c1ccccc1n2-c1ccc2[se]c3ccc(-n4c5ccccc5c5c6c(ccc54)sc4ccccc46)cc3c2c1. The molecule has 222 valence electrons. The summed E-state index contributed by atoms with van der Waals surface area (Å²) in [6.07, 6.45) is 0. The van der Waals surface area contributed by atoms with Crippen LogP contribution in [0.3, 0.4) is 0 Å². The first kappa shape index (κ1) is 26.4. The van der Waals surface area contributed by atoms with Gasteiger partial charge in [0.25, 0.3) is 0 Å². The summed E-state index contributed by atoms with van der Waals surface area (Å²) in [5, 5.41) is 19.8. The minimum absolute atomic E-state index is 0.243. The molecule has 0 aliphatic heterocycles. The molecular formula is C43H23N3SSe. The Balaban J connectivity index is 1.18. The number of thiophene rings is 1. The van der Waals surface area contributed by atoms with Crippen LogP contribution in [0.25, 0.3) is 94.5 Å². The zero-order valence-electron chi connectivity index (χ0n) is 25.4. The average molecular weight is 693 g/mol. The molecule has 0 atom stereocenters. The number of nitriles is 1. The van der Waals surface area contributed by atoms with Gasteiger partial charge in [-0.15, -0.1) is 0 Å². The molecule has 4 aromatic heterocycles. The van der Waals surface area contributed by atoms with E-state index in [9.17, 15) is 5.26 Å². The Morgan fingerprint density at radius 3 is 1.81 bits per heavy atom. The third kappa shape index (κ3) is 3.52. The molecule has 0 fully saturated rings. The Bertz CT molecular complexity index is 3200. The second-order valence-electron chi connectivity index (χ2n) is 12.4. The minimum atomic E-state index is 0.243. The van der Waals surface area contributed by atoms with Gasteiger partial charge in [-0.3, -0.25) is 0 Å². The van der Waals surface area contributed by atoms with Crippen LogP contribution in [0, 0.1) is 11.3 Å². The molecule has 3 nitrogen and oxygen atoms in total. The number of para-hydroxylation sites is 2. The zero-order chi connectivity index (χ0) is 31.5. The average Bonchev–Trinajstić information content (AvgIpc) is 3.88. The summed E-state index contributed by atoms with van der Waals surface area (Å²) in [6, 6.07) is 53.2. The van der Waals surface area contributed by atoms with Crippen molar-refractivity contribution in [3.8, 4) is 17.4 Å². The molecule has 4 heterocycles. The third-order valence-corrected chi connectivity index (χ3v) is 13.5. The van der Waals surface area contributed by atoms with Gasteiger partial charge in [0.2, 0.25) is 0 Å². The van der Waals surface area contributed by atoms with Crippen molar-refractivity contribution in [3.05, 3.63) is 145 Å². The fourth-order valence-corrected chi connectivity index (χ4v) is 11.3. The van der Waals surface area contributed by atoms with E-state index in [1.165, 1.54) is 67.0 Å². The molecule has 0 saturated carbocycles. The molecule has 0 bridgehead atoms. The first-order valence-corrected chi connectivity index (χ1v) is 18.5. The molecule has 0 aliphatic rings. The van der Waals surface area contributed by atoms with E-state index in [2.05, 4.69) is 143 Å². The monoisotopic (exact) mass is 693 g/mol. The van der Waals surface area contributed by atoms with Crippen LogP contribution < -0.4 is 0 Å². The molecule has 0 unspecified atom stereocenters. The quantitative estimate of drug-likeness (QED) is 0.166. The first-order valence-electron chi connectivity index (χ1n) is 16.0. The zero-order valence-corrected chi connectivity index (χ0v) is 28.0. The Morgan fingerprint density at radius 1 is 0.458 bits per heavy atom. The van der Waals surface area contributed by atoms with E-state index in [0.29, 0.717) is 5.56 Å². The normalized spacial score (nSPS) is 12.1. The number of hydrogen-bond donors (Lipinski definition) is 0. The van der Waals surface area contributed by atoms with Crippen LogP contribution in [0.1, 0.15) is 5.56 Å². The number of hydrogen-bond acceptors (Lipinski definition) is 2.